The molecule has 0 spiro atoms. The van der Waals surface area contributed by atoms with E-state index in [-0.39, 0.29) is 0 Å². The van der Waals surface area contributed by atoms with Crippen LogP contribution in [0, 0.1) is 5.92 Å². The van der Waals surface area contributed by atoms with E-state index in [4.69, 9.17) is 4.74 Å². The van der Waals surface area contributed by atoms with Crippen LogP contribution in [0.4, 0.5) is 0 Å². The molecule has 86 valence electrons. The van der Waals surface area contributed by atoms with Crippen LogP contribution in [0.2, 0.25) is 0 Å². The van der Waals surface area contributed by atoms with Gasteiger partial charge in [-0.05, 0) is 45.3 Å². The van der Waals surface area contributed by atoms with Gasteiger partial charge in [0.15, 0.2) is 0 Å². The first-order valence-electron chi connectivity index (χ1n) is 6.37. The van der Waals surface area contributed by atoms with Crippen molar-refractivity contribution < 1.29 is 4.74 Å². The fourth-order valence-corrected chi connectivity index (χ4v) is 3.36. The SMILES string of the molecule is CN1CCCC2CN(CC3CO3)CCC21. The normalized spacial score (nSPS) is 42.6. The van der Waals surface area contributed by atoms with Crippen LogP contribution in [0.15, 0.2) is 0 Å². The van der Waals surface area contributed by atoms with Crippen LogP contribution in [0.25, 0.3) is 0 Å². The van der Waals surface area contributed by atoms with Crippen molar-refractivity contribution in [3.8, 4) is 0 Å². The molecule has 3 aliphatic heterocycles. The van der Waals surface area contributed by atoms with E-state index in [1.54, 1.807) is 0 Å². The maximum Gasteiger partial charge on any atom is 0.0936 e. The van der Waals surface area contributed by atoms with Crippen LogP contribution < -0.4 is 0 Å². The lowest BCUT2D eigenvalue weighted by atomic mass is 9.84. The minimum atomic E-state index is 0.572. The summed E-state index contributed by atoms with van der Waals surface area (Å²) in [5.41, 5.74) is 0. The second-order valence-corrected chi connectivity index (χ2v) is 5.45. The van der Waals surface area contributed by atoms with Gasteiger partial charge >= 0.3 is 0 Å². The summed E-state index contributed by atoms with van der Waals surface area (Å²) in [5.74, 6) is 0.927. The van der Waals surface area contributed by atoms with Gasteiger partial charge in [0.05, 0.1) is 12.7 Å². The largest absolute Gasteiger partial charge is 0.372 e. The predicted octanol–water partition coefficient (Wildman–Crippen LogP) is 0.801. The molecule has 3 saturated heterocycles. The van der Waals surface area contributed by atoms with Crippen molar-refractivity contribution in [1.29, 1.82) is 0 Å². The van der Waals surface area contributed by atoms with E-state index in [0.717, 1.165) is 18.6 Å². The average Bonchev–Trinajstić information content (AvgIpc) is 3.02. The summed E-state index contributed by atoms with van der Waals surface area (Å²) in [4.78, 5) is 5.21. The Hall–Kier alpha value is -0.120. The molecule has 0 saturated carbocycles. The molecule has 0 aliphatic carbocycles. The van der Waals surface area contributed by atoms with E-state index in [1.165, 1.54) is 45.4 Å². The Kier molecular flexibility index (Phi) is 2.71. The molecule has 3 rings (SSSR count). The molecule has 0 aromatic carbocycles. The summed E-state index contributed by atoms with van der Waals surface area (Å²) < 4.78 is 5.32. The maximum atomic E-state index is 5.32. The van der Waals surface area contributed by atoms with Crippen LogP contribution in [-0.4, -0.2) is 61.8 Å². The number of hydrogen-bond acceptors (Lipinski definition) is 3. The Morgan fingerprint density at radius 3 is 2.93 bits per heavy atom. The Labute approximate surface area is 92.4 Å². The van der Waals surface area contributed by atoms with Crippen LogP contribution in [0.5, 0.6) is 0 Å². The molecule has 15 heavy (non-hydrogen) atoms. The lowest BCUT2D eigenvalue weighted by Gasteiger charge is -2.45. The van der Waals surface area contributed by atoms with Crippen LogP contribution in [0.3, 0.4) is 0 Å². The van der Waals surface area contributed by atoms with Crippen molar-refractivity contribution in [2.45, 2.75) is 31.4 Å². The van der Waals surface area contributed by atoms with Crippen molar-refractivity contribution in [2.75, 3.05) is 39.8 Å². The third kappa shape index (κ3) is 2.19. The highest BCUT2D eigenvalue weighted by molar-refractivity contribution is 4.90. The summed E-state index contributed by atoms with van der Waals surface area (Å²) in [5, 5.41) is 0. The van der Waals surface area contributed by atoms with Gasteiger partial charge < -0.3 is 14.5 Å². The topological polar surface area (TPSA) is 19.0 Å². The van der Waals surface area contributed by atoms with Crippen LogP contribution >= 0.6 is 0 Å². The molecule has 3 unspecified atom stereocenters. The number of ether oxygens (including phenoxy) is 1. The zero-order chi connectivity index (χ0) is 10.3. The summed E-state index contributed by atoms with van der Waals surface area (Å²) in [6, 6.07) is 0.870. The Morgan fingerprint density at radius 2 is 2.13 bits per heavy atom. The first-order chi connectivity index (χ1) is 7.33. The summed E-state index contributed by atoms with van der Waals surface area (Å²) in [6.45, 7) is 6.10. The zero-order valence-corrected chi connectivity index (χ0v) is 9.69. The number of piperidine rings is 2. The molecule has 3 heterocycles. The number of rotatable bonds is 2. The van der Waals surface area contributed by atoms with Crippen molar-refractivity contribution in [1.82, 2.24) is 9.80 Å². The van der Waals surface area contributed by atoms with Crippen molar-refractivity contribution in [3.05, 3.63) is 0 Å². The molecule has 3 nitrogen and oxygen atoms in total. The van der Waals surface area contributed by atoms with Crippen molar-refractivity contribution >= 4 is 0 Å². The highest BCUT2D eigenvalue weighted by Crippen LogP contribution is 2.30. The fraction of sp³-hybridized carbons (Fsp3) is 1.00. The van der Waals surface area contributed by atoms with E-state index < -0.39 is 0 Å². The molecule has 3 fully saturated rings. The Balaban J connectivity index is 1.56. The summed E-state index contributed by atoms with van der Waals surface area (Å²) in [7, 11) is 2.30. The minimum Gasteiger partial charge on any atom is -0.372 e. The Bertz CT molecular complexity index is 230. The van der Waals surface area contributed by atoms with Gasteiger partial charge in [-0.1, -0.05) is 0 Å². The highest BCUT2D eigenvalue weighted by atomic mass is 16.6. The molecule has 0 amide bonds. The lowest BCUT2D eigenvalue weighted by molar-refractivity contribution is 0.0361. The number of likely N-dealkylation sites (tertiary alicyclic amines) is 2. The molecule has 0 bridgehead atoms. The molecular formula is C12H22N2O. The standard InChI is InChI=1S/C12H22N2O/c1-13-5-2-3-10-7-14(6-4-12(10)13)8-11-9-15-11/h10-12H,2-9H2,1H3. The molecule has 0 radical (unpaired) electrons. The van der Waals surface area contributed by atoms with Gasteiger partial charge in [-0.3, -0.25) is 0 Å². The monoisotopic (exact) mass is 210 g/mol. The molecule has 3 heteroatoms. The van der Waals surface area contributed by atoms with Gasteiger partial charge in [0.1, 0.15) is 0 Å². The first-order valence-corrected chi connectivity index (χ1v) is 6.37. The molecule has 3 atom stereocenters. The van der Waals surface area contributed by atoms with Gasteiger partial charge in [0, 0.05) is 19.1 Å². The second kappa shape index (κ2) is 4.04. The average molecular weight is 210 g/mol. The highest BCUT2D eigenvalue weighted by Gasteiger charge is 2.36. The molecule has 0 N–H and O–H groups in total. The van der Waals surface area contributed by atoms with E-state index in [2.05, 4.69) is 16.8 Å². The van der Waals surface area contributed by atoms with E-state index in [9.17, 15) is 0 Å². The molecular weight excluding hydrogens is 188 g/mol. The Morgan fingerprint density at radius 1 is 1.27 bits per heavy atom. The third-order valence-electron chi connectivity index (χ3n) is 4.29. The smallest absolute Gasteiger partial charge is 0.0936 e. The predicted molar refractivity (Wildman–Crippen MR) is 59.9 cm³/mol. The summed E-state index contributed by atoms with van der Waals surface area (Å²) in [6.07, 6.45) is 4.78. The zero-order valence-electron chi connectivity index (χ0n) is 9.69. The molecule has 0 aromatic rings. The van der Waals surface area contributed by atoms with Gasteiger partial charge in [0.25, 0.3) is 0 Å². The quantitative estimate of drug-likeness (QED) is 0.628. The maximum absolute atomic E-state index is 5.32. The lowest BCUT2D eigenvalue weighted by Crippen LogP contribution is -2.53. The number of epoxide rings is 1. The van der Waals surface area contributed by atoms with Gasteiger partial charge in [0.2, 0.25) is 0 Å². The number of nitrogens with zero attached hydrogens (tertiary/aromatic N) is 2. The second-order valence-electron chi connectivity index (χ2n) is 5.45. The van der Waals surface area contributed by atoms with Crippen LogP contribution in [-0.2, 0) is 4.74 Å². The molecule has 0 aromatic heterocycles. The number of hydrogen-bond donors (Lipinski definition) is 0. The first kappa shape index (κ1) is 10.1. The van der Waals surface area contributed by atoms with E-state index in [0.29, 0.717) is 6.10 Å². The number of fused-ring (bicyclic) bond motifs is 1. The molecule has 3 aliphatic rings. The van der Waals surface area contributed by atoms with Crippen molar-refractivity contribution in [2.24, 2.45) is 5.92 Å². The van der Waals surface area contributed by atoms with Gasteiger partial charge in [-0.2, -0.15) is 0 Å². The minimum absolute atomic E-state index is 0.572. The van der Waals surface area contributed by atoms with E-state index in [1.807, 2.05) is 0 Å². The van der Waals surface area contributed by atoms with Gasteiger partial charge in [-0.25, -0.2) is 0 Å². The van der Waals surface area contributed by atoms with Crippen molar-refractivity contribution in [3.63, 3.8) is 0 Å². The summed E-state index contributed by atoms with van der Waals surface area (Å²) >= 11 is 0. The fourth-order valence-electron chi connectivity index (χ4n) is 3.36. The van der Waals surface area contributed by atoms with Gasteiger partial charge in [-0.15, -0.1) is 0 Å². The van der Waals surface area contributed by atoms with E-state index >= 15 is 0 Å². The van der Waals surface area contributed by atoms with Crippen LogP contribution in [0.1, 0.15) is 19.3 Å². The third-order valence-corrected chi connectivity index (χ3v) is 4.29.